The number of amides is 1. The second kappa shape index (κ2) is 9.72. The van der Waals surface area contributed by atoms with Crippen LogP contribution in [-0.4, -0.2) is 64.9 Å². The number of ether oxygens (including phenoxy) is 3. The topological polar surface area (TPSA) is 119 Å². The summed E-state index contributed by atoms with van der Waals surface area (Å²) >= 11 is 0. The third-order valence-corrected chi connectivity index (χ3v) is 6.64. The molecule has 32 heavy (non-hydrogen) atoms. The number of hydrogen-bond donors (Lipinski definition) is 2. The molecule has 1 aromatic heterocycles. The zero-order valence-corrected chi connectivity index (χ0v) is 18.6. The van der Waals surface area contributed by atoms with E-state index in [4.69, 9.17) is 14.2 Å². The first-order valence-electron chi connectivity index (χ1n) is 10.4. The van der Waals surface area contributed by atoms with Crippen LogP contribution >= 0.6 is 0 Å². The lowest BCUT2D eigenvalue weighted by Gasteiger charge is -2.27. The Labute approximate surface area is 186 Å². The average molecular weight is 463 g/mol. The molecule has 3 heterocycles. The summed E-state index contributed by atoms with van der Waals surface area (Å²) in [6.07, 6.45) is 2.27. The number of hydrogen-bond acceptors (Lipinski definition) is 8. The van der Waals surface area contributed by atoms with E-state index in [0.29, 0.717) is 50.0 Å². The van der Waals surface area contributed by atoms with Crippen molar-refractivity contribution in [2.45, 2.75) is 24.3 Å². The van der Waals surface area contributed by atoms with Crippen LogP contribution in [0.15, 0.2) is 41.4 Å². The molecule has 1 saturated heterocycles. The maximum Gasteiger partial charge on any atom is 0.242 e. The van der Waals surface area contributed by atoms with Gasteiger partial charge in [0.25, 0.3) is 0 Å². The SMILES string of the molecule is C[C@H](NS(=O)(=O)c1ccc2c(c1)OCCCO2)C(=O)Nc1ccc(N2CCOCC2)nc1. The number of carbonyl (C=O) groups excluding carboxylic acids is 1. The Balaban J connectivity index is 1.38. The third kappa shape index (κ3) is 5.29. The standard InChI is InChI=1S/C21H26N4O6S/c1-15(21(26)23-16-3-6-20(22-14-16)25-7-11-29-12-8-25)24-32(27,28)17-4-5-18-19(13-17)31-10-2-9-30-18/h3-6,13-15,24H,2,7-12H2,1H3,(H,23,26)/t15-/m0/s1. The van der Waals surface area contributed by atoms with Gasteiger partial charge in [-0.2, -0.15) is 4.72 Å². The normalized spacial score (nSPS) is 17.3. The summed E-state index contributed by atoms with van der Waals surface area (Å²) in [5.41, 5.74) is 0.480. The predicted molar refractivity (Wildman–Crippen MR) is 118 cm³/mol. The minimum atomic E-state index is -3.94. The highest BCUT2D eigenvalue weighted by molar-refractivity contribution is 7.89. The van der Waals surface area contributed by atoms with Crippen LogP contribution in [0, 0.1) is 0 Å². The number of aromatic nitrogens is 1. The van der Waals surface area contributed by atoms with Crippen LogP contribution in [0.2, 0.25) is 0 Å². The number of carbonyl (C=O) groups is 1. The van der Waals surface area contributed by atoms with Gasteiger partial charge in [0.1, 0.15) is 5.82 Å². The van der Waals surface area contributed by atoms with Crippen molar-refractivity contribution in [3.8, 4) is 11.5 Å². The van der Waals surface area contributed by atoms with Gasteiger partial charge in [-0.05, 0) is 31.2 Å². The molecule has 172 valence electrons. The average Bonchev–Trinajstić information content (AvgIpc) is 3.05. The Bertz CT molecular complexity index is 1050. The molecule has 0 bridgehead atoms. The Morgan fingerprint density at radius 1 is 1.06 bits per heavy atom. The molecule has 2 aliphatic heterocycles. The van der Waals surface area contributed by atoms with E-state index in [-0.39, 0.29) is 4.90 Å². The number of fused-ring (bicyclic) bond motifs is 1. The molecule has 10 nitrogen and oxygen atoms in total. The van der Waals surface area contributed by atoms with E-state index in [1.54, 1.807) is 18.3 Å². The molecule has 1 aromatic carbocycles. The molecule has 1 fully saturated rings. The lowest BCUT2D eigenvalue weighted by atomic mass is 10.3. The fourth-order valence-electron chi connectivity index (χ4n) is 3.36. The van der Waals surface area contributed by atoms with Crippen LogP contribution in [0.25, 0.3) is 0 Å². The zero-order valence-electron chi connectivity index (χ0n) is 17.7. The van der Waals surface area contributed by atoms with Gasteiger partial charge in [0.05, 0.1) is 49.2 Å². The van der Waals surface area contributed by atoms with E-state index in [9.17, 15) is 13.2 Å². The van der Waals surface area contributed by atoms with Crippen LogP contribution in [-0.2, 0) is 19.6 Å². The third-order valence-electron chi connectivity index (χ3n) is 5.10. The molecular formula is C21H26N4O6S. The van der Waals surface area contributed by atoms with E-state index in [1.807, 2.05) is 6.07 Å². The van der Waals surface area contributed by atoms with E-state index in [2.05, 4.69) is 19.9 Å². The number of pyridine rings is 1. The first kappa shape index (κ1) is 22.3. The smallest absolute Gasteiger partial charge is 0.242 e. The molecule has 1 atom stereocenters. The van der Waals surface area contributed by atoms with Crippen molar-refractivity contribution in [2.24, 2.45) is 0 Å². The molecule has 2 N–H and O–H groups in total. The molecule has 0 spiro atoms. The summed E-state index contributed by atoms with van der Waals surface area (Å²) in [5.74, 6) is 1.17. The number of morpholine rings is 1. The first-order chi connectivity index (χ1) is 15.4. The van der Waals surface area contributed by atoms with Crippen LogP contribution in [0.1, 0.15) is 13.3 Å². The number of nitrogens with zero attached hydrogens (tertiary/aromatic N) is 2. The minimum absolute atomic E-state index is 0.00192. The lowest BCUT2D eigenvalue weighted by molar-refractivity contribution is -0.117. The second-order valence-electron chi connectivity index (χ2n) is 7.50. The summed E-state index contributed by atoms with van der Waals surface area (Å²) in [5, 5.41) is 2.69. The summed E-state index contributed by atoms with van der Waals surface area (Å²) in [6, 6.07) is 6.93. The van der Waals surface area contributed by atoms with Gasteiger partial charge in [-0.25, -0.2) is 13.4 Å². The Kier molecular flexibility index (Phi) is 6.77. The highest BCUT2D eigenvalue weighted by Gasteiger charge is 2.24. The predicted octanol–water partition coefficient (Wildman–Crippen LogP) is 1.38. The lowest BCUT2D eigenvalue weighted by Crippen LogP contribution is -2.41. The van der Waals surface area contributed by atoms with Crippen molar-refractivity contribution in [3.05, 3.63) is 36.5 Å². The van der Waals surface area contributed by atoms with Crippen molar-refractivity contribution in [3.63, 3.8) is 0 Å². The Hall–Kier alpha value is -2.89. The van der Waals surface area contributed by atoms with Crippen LogP contribution in [0.3, 0.4) is 0 Å². The second-order valence-corrected chi connectivity index (χ2v) is 9.21. The molecule has 0 aliphatic carbocycles. The molecule has 1 amide bonds. The van der Waals surface area contributed by atoms with Gasteiger partial charge >= 0.3 is 0 Å². The molecular weight excluding hydrogens is 436 g/mol. The van der Waals surface area contributed by atoms with Crippen molar-refractivity contribution < 1.29 is 27.4 Å². The van der Waals surface area contributed by atoms with E-state index >= 15 is 0 Å². The number of anilines is 2. The van der Waals surface area contributed by atoms with Gasteiger partial charge in [0, 0.05) is 25.6 Å². The van der Waals surface area contributed by atoms with Crippen LogP contribution in [0.5, 0.6) is 11.5 Å². The fraction of sp³-hybridized carbons (Fsp3) is 0.429. The Morgan fingerprint density at radius 3 is 2.53 bits per heavy atom. The molecule has 0 radical (unpaired) electrons. The fourth-order valence-corrected chi connectivity index (χ4v) is 4.57. The van der Waals surface area contributed by atoms with E-state index < -0.39 is 22.0 Å². The highest BCUT2D eigenvalue weighted by Crippen LogP contribution is 2.31. The minimum Gasteiger partial charge on any atom is -0.490 e. The van der Waals surface area contributed by atoms with Gasteiger partial charge in [0.2, 0.25) is 15.9 Å². The maximum atomic E-state index is 12.8. The largest absolute Gasteiger partial charge is 0.490 e. The summed E-state index contributed by atoms with van der Waals surface area (Å²) in [7, 11) is -3.94. The summed E-state index contributed by atoms with van der Waals surface area (Å²) < 4.78 is 44.4. The molecule has 4 rings (SSSR count). The molecule has 0 saturated carbocycles. The van der Waals surface area contributed by atoms with Crippen molar-refractivity contribution in [2.75, 3.05) is 49.7 Å². The van der Waals surface area contributed by atoms with Crippen molar-refractivity contribution in [1.82, 2.24) is 9.71 Å². The van der Waals surface area contributed by atoms with Gasteiger partial charge < -0.3 is 24.4 Å². The van der Waals surface area contributed by atoms with Gasteiger partial charge in [-0.1, -0.05) is 0 Å². The molecule has 2 aliphatic rings. The monoisotopic (exact) mass is 462 g/mol. The molecule has 11 heteroatoms. The quantitative estimate of drug-likeness (QED) is 0.661. The van der Waals surface area contributed by atoms with Gasteiger partial charge in [-0.3, -0.25) is 4.79 Å². The van der Waals surface area contributed by atoms with Crippen molar-refractivity contribution >= 4 is 27.4 Å². The highest BCUT2D eigenvalue weighted by atomic mass is 32.2. The first-order valence-corrected chi connectivity index (χ1v) is 11.9. The van der Waals surface area contributed by atoms with Gasteiger partial charge in [0.15, 0.2) is 11.5 Å². The summed E-state index contributed by atoms with van der Waals surface area (Å²) in [4.78, 5) is 19.0. The summed E-state index contributed by atoms with van der Waals surface area (Å²) in [6.45, 7) is 5.26. The van der Waals surface area contributed by atoms with E-state index in [1.165, 1.54) is 19.1 Å². The van der Waals surface area contributed by atoms with Crippen LogP contribution in [0.4, 0.5) is 11.5 Å². The number of rotatable bonds is 6. The number of nitrogens with one attached hydrogen (secondary N) is 2. The number of sulfonamides is 1. The van der Waals surface area contributed by atoms with E-state index in [0.717, 1.165) is 18.9 Å². The Morgan fingerprint density at radius 2 is 1.81 bits per heavy atom. The maximum absolute atomic E-state index is 12.8. The van der Waals surface area contributed by atoms with Crippen LogP contribution < -0.4 is 24.4 Å². The molecule has 2 aromatic rings. The van der Waals surface area contributed by atoms with Crippen molar-refractivity contribution in [1.29, 1.82) is 0 Å². The number of benzene rings is 1. The van der Waals surface area contributed by atoms with Gasteiger partial charge in [-0.15, -0.1) is 0 Å². The zero-order chi connectivity index (χ0) is 22.6. The molecule has 0 unspecified atom stereocenters.